The van der Waals surface area contributed by atoms with Gasteiger partial charge in [-0.25, -0.2) is 0 Å². The summed E-state index contributed by atoms with van der Waals surface area (Å²) in [5, 5.41) is 0. The quantitative estimate of drug-likeness (QED) is 0.337. The number of hydrogen-bond donors (Lipinski definition) is 1. The standard InChI is InChI=1S/C18H55N12P4/c1-22(2)32(23(3)4,24(5)6)19-31(20-33(25(7)8,26(9)10)27(11)12)21-34(28(13)14,29(15)16)30(17)18/h19H,1-18H3/q+1. The van der Waals surface area contributed by atoms with Crippen molar-refractivity contribution in [3.63, 3.8) is 0 Å². The van der Waals surface area contributed by atoms with E-state index in [4.69, 9.17) is 9.03 Å². The molecule has 0 amide bonds. The molecule has 12 nitrogen and oxygen atoms in total. The summed E-state index contributed by atoms with van der Waals surface area (Å²) < 4.78 is 31.7. The van der Waals surface area contributed by atoms with E-state index in [9.17, 15) is 0 Å². The van der Waals surface area contributed by atoms with E-state index < -0.39 is 31.3 Å². The molecule has 0 atom stereocenters. The Labute approximate surface area is 214 Å². The van der Waals surface area contributed by atoms with Crippen molar-refractivity contribution in [2.75, 3.05) is 127 Å². The van der Waals surface area contributed by atoms with Gasteiger partial charge in [0.05, 0.1) is 0 Å². The van der Waals surface area contributed by atoms with Gasteiger partial charge in [-0.3, -0.25) is 28.0 Å². The van der Waals surface area contributed by atoms with Gasteiger partial charge in [-0.2, -0.15) is 9.03 Å². The fourth-order valence-electron chi connectivity index (χ4n) is 4.37. The van der Waals surface area contributed by atoms with E-state index in [0.717, 1.165) is 0 Å². The van der Waals surface area contributed by atoms with Gasteiger partial charge in [-0.05, 0) is 84.6 Å². The minimum atomic E-state index is -2.20. The first-order valence-corrected chi connectivity index (χ1v) is 17.2. The molecule has 0 bridgehead atoms. The van der Waals surface area contributed by atoms with E-state index in [0.29, 0.717) is 0 Å². The van der Waals surface area contributed by atoms with Gasteiger partial charge < -0.3 is 0 Å². The highest BCUT2D eigenvalue weighted by molar-refractivity contribution is 7.81. The second-order valence-electron chi connectivity index (χ2n) is 9.83. The van der Waals surface area contributed by atoms with Crippen LogP contribution in [0.25, 0.3) is 0 Å². The molecular formula is C18H55N12P4+. The SMILES string of the molecule is CN(C)P(=NP(N=P(N(C)C)(N(C)C)N(C)C)N[P+](N(C)C)(N(C)C)N(C)C)(N(C)C)N(C)C. The van der Waals surface area contributed by atoms with Crippen LogP contribution in [-0.4, -0.2) is 169 Å². The van der Waals surface area contributed by atoms with Crippen molar-refractivity contribution >= 4 is 31.3 Å². The summed E-state index contributed by atoms with van der Waals surface area (Å²) in [7, 11) is 30.3. The van der Waals surface area contributed by atoms with Gasteiger partial charge in [0.25, 0.3) is 8.37 Å². The highest BCUT2D eigenvalue weighted by Crippen LogP contribution is 2.72. The Kier molecular flexibility index (Phi) is 14.0. The van der Waals surface area contributed by atoms with Crippen LogP contribution in [0.15, 0.2) is 9.03 Å². The van der Waals surface area contributed by atoms with E-state index >= 15 is 0 Å². The molecule has 0 heterocycles. The van der Waals surface area contributed by atoms with Crippen LogP contribution in [0.4, 0.5) is 0 Å². The molecule has 0 saturated carbocycles. The minimum absolute atomic E-state index is 1.34. The van der Waals surface area contributed by atoms with Crippen molar-refractivity contribution in [1.82, 2.24) is 46.9 Å². The second-order valence-corrected chi connectivity index (χ2v) is 23.1. The van der Waals surface area contributed by atoms with Crippen LogP contribution in [0.2, 0.25) is 0 Å². The average Bonchev–Trinajstić information content (AvgIpc) is 2.64. The Morgan fingerprint density at radius 3 is 0.794 bits per heavy atom. The first-order valence-electron chi connectivity index (χ1n) is 11.1. The van der Waals surface area contributed by atoms with Crippen LogP contribution in [0, 0.1) is 0 Å². The van der Waals surface area contributed by atoms with Crippen molar-refractivity contribution < 1.29 is 0 Å². The summed E-state index contributed by atoms with van der Waals surface area (Å²) in [4.78, 5) is 4.02. The Balaban J connectivity index is 7.71. The lowest BCUT2D eigenvalue weighted by Gasteiger charge is -2.45. The van der Waals surface area contributed by atoms with Crippen molar-refractivity contribution in [3.8, 4) is 0 Å². The van der Waals surface area contributed by atoms with Crippen LogP contribution < -0.4 is 4.86 Å². The van der Waals surface area contributed by atoms with Crippen molar-refractivity contribution in [2.45, 2.75) is 0 Å². The lowest BCUT2D eigenvalue weighted by atomic mass is 11.2. The summed E-state index contributed by atoms with van der Waals surface area (Å²) in [6, 6.07) is 0. The van der Waals surface area contributed by atoms with E-state index in [1.165, 1.54) is 0 Å². The van der Waals surface area contributed by atoms with Crippen LogP contribution in [0.1, 0.15) is 0 Å². The summed E-state index contributed by atoms with van der Waals surface area (Å²) in [6.07, 6.45) is 0. The van der Waals surface area contributed by atoms with Gasteiger partial charge in [0, 0.05) is 42.3 Å². The third-order valence-corrected chi connectivity index (χ3v) is 20.4. The largest absolute Gasteiger partial charge is 0.311 e. The molecular weight excluding hydrogens is 508 g/mol. The molecule has 16 heteroatoms. The molecule has 206 valence electrons. The van der Waals surface area contributed by atoms with E-state index in [2.05, 4.69) is 174 Å². The zero-order valence-corrected chi connectivity index (χ0v) is 28.8. The zero-order valence-electron chi connectivity index (χ0n) is 25.2. The molecule has 0 aromatic carbocycles. The number of nitrogens with one attached hydrogen (secondary N) is 1. The predicted octanol–water partition coefficient (Wildman–Crippen LogP) is 3.43. The Bertz CT molecular complexity index is 612. The fraction of sp³-hybridized carbons (Fsp3) is 1.00. The van der Waals surface area contributed by atoms with Gasteiger partial charge in [0.2, 0.25) is 0 Å². The Hall–Kier alpha value is 0.920. The average molecular weight is 564 g/mol. The van der Waals surface area contributed by atoms with Crippen LogP contribution in [0.5, 0.6) is 0 Å². The highest BCUT2D eigenvalue weighted by atomic mass is 31.3. The Morgan fingerprint density at radius 1 is 0.441 bits per heavy atom. The molecule has 34 heavy (non-hydrogen) atoms. The van der Waals surface area contributed by atoms with Crippen LogP contribution >= 0.6 is 31.3 Å². The Morgan fingerprint density at radius 2 is 0.647 bits per heavy atom. The first-order chi connectivity index (χ1) is 15.3. The van der Waals surface area contributed by atoms with Gasteiger partial charge in [0.15, 0.2) is 15.0 Å². The lowest BCUT2D eigenvalue weighted by molar-refractivity contribution is 0.454. The maximum Gasteiger partial charge on any atom is 0.311 e. The topological polar surface area (TPSA) is 65.9 Å². The molecule has 1 N–H and O–H groups in total. The monoisotopic (exact) mass is 563 g/mol. The van der Waals surface area contributed by atoms with E-state index in [-0.39, 0.29) is 0 Å². The smallest absolute Gasteiger partial charge is 0.252 e. The number of rotatable bonds is 13. The van der Waals surface area contributed by atoms with Crippen molar-refractivity contribution in [1.29, 1.82) is 0 Å². The van der Waals surface area contributed by atoms with Crippen LogP contribution in [-0.2, 0) is 0 Å². The summed E-state index contributed by atoms with van der Waals surface area (Å²) in [5.41, 5.74) is 0. The molecule has 0 unspecified atom stereocenters. The van der Waals surface area contributed by atoms with E-state index in [1.807, 2.05) is 0 Å². The van der Waals surface area contributed by atoms with Crippen molar-refractivity contribution in [3.05, 3.63) is 0 Å². The maximum atomic E-state index is 5.64. The van der Waals surface area contributed by atoms with Gasteiger partial charge in [0.1, 0.15) is 0 Å². The van der Waals surface area contributed by atoms with Crippen LogP contribution in [0.3, 0.4) is 0 Å². The highest BCUT2D eigenvalue weighted by Gasteiger charge is 2.52. The van der Waals surface area contributed by atoms with E-state index in [1.54, 1.807) is 0 Å². The first kappa shape index (κ1) is 34.9. The number of hydrogen-bond acceptors (Lipinski definition) is 6. The molecule has 0 rings (SSSR count). The zero-order chi connectivity index (χ0) is 27.4. The molecule has 0 spiro atoms. The maximum absolute atomic E-state index is 5.64. The molecule has 0 aromatic heterocycles. The van der Waals surface area contributed by atoms with Gasteiger partial charge in [-0.15, -0.1) is 14.0 Å². The van der Waals surface area contributed by atoms with Crippen molar-refractivity contribution in [2.24, 2.45) is 9.03 Å². The normalized spacial score (nSPS) is 14.6. The predicted molar refractivity (Wildman–Crippen MR) is 159 cm³/mol. The molecule has 0 aromatic rings. The lowest BCUT2D eigenvalue weighted by Crippen LogP contribution is -2.42. The molecule has 0 aliphatic carbocycles. The fourth-order valence-corrected chi connectivity index (χ4v) is 21.1. The molecule has 0 fully saturated rings. The molecule has 0 aliphatic rings. The number of nitrogens with zero attached hydrogens (tertiary/aromatic N) is 11. The summed E-state index contributed by atoms with van der Waals surface area (Å²) in [6.45, 7) is 0. The second kappa shape index (κ2) is 13.6. The third-order valence-electron chi connectivity index (χ3n) is 5.53. The third kappa shape index (κ3) is 6.86. The summed E-state index contributed by atoms with van der Waals surface area (Å²) in [5.74, 6) is 0. The molecule has 0 radical (unpaired) electrons. The molecule has 0 aliphatic heterocycles. The summed E-state index contributed by atoms with van der Waals surface area (Å²) >= 11 is 0. The minimum Gasteiger partial charge on any atom is -0.252 e. The van der Waals surface area contributed by atoms with Gasteiger partial charge in [-0.1, -0.05) is 4.86 Å². The van der Waals surface area contributed by atoms with Gasteiger partial charge >= 0.3 is 7.87 Å². The molecule has 0 saturated heterocycles.